The fraction of sp³-hybridized carbons (Fsp3) is 1.00. The molecule has 1 aliphatic heterocycles. The number of nitrogens with one attached hydrogen (secondary N) is 1. The minimum absolute atomic E-state index is 0.388. The van der Waals surface area contributed by atoms with Crippen molar-refractivity contribution in [1.82, 2.24) is 10.2 Å². The summed E-state index contributed by atoms with van der Waals surface area (Å²) in [6, 6.07) is 1.90. The molecule has 1 N–H and O–H groups in total. The molecule has 19 heavy (non-hydrogen) atoms. The van der Waals surface area contributed by atoms with Crippen molar-refractivity contribution in [2.75, 3.05) is 20.2 Å². The highest BCUT2D eigenvalue weighted by atomic mass is 16.5. The van der Waals surface area contributed by atoms with E-state index in [0.717, 1.165) is 25.0 Å². The van der Waals surface area contributed by atoms with E-state index >= 15 is 0 Å². The van der Waals surface area contributed by atoms with Crippen LogP contribution in [0, 0.1) is 11.8 Å². The van der Waals surface area contributed by atoms with Crippen LogP contribution < -0.4 is 5.32 Å². The van der Waals surface area contributed by atoms with Crippen LogP contribution in [0.5, 0.6) is 0 Å². The lowest BCUT2D eigenvalue weighted by Gasteiger charge is -2.47. The van der Waals surface area contributed by atoms with Gasteiger partial charge in [0.05, 0.1) is 6.10 Å². The van der Waals surface area contributed by atoms with Gasteiger partial charge in [-0.05, 0) is 51.6 Å². The van der Waals surface area contributed by atoms with Crippen LogP contribution >= 0.6 is 0 Å². The molecule has 0 aromatic rings. The van der Waals surface area contributed by atoms with Crippen LogP contribution in [0.1, 0.15) is 47.0 Å². The van der Waals surface area contributed by atoms with Crippen molar-refractivity contribution < 1.29 is 4.74 Å². The molecule has 0 amide bonds. The van der Waals surface area contributed by atoms with Crippen LogP contribution in [0.2, 0.25) is 0 Å². The Kier molecular flexibility index (Phi) is 5.27. The molecule has 1 saturated carbocycles. The smallest absolute Gasteiger partial charge is 0.0703 e. The molecule has 2 aliphatic rings. The first-order valence-electron chi connectivity index (χ1n) is 8.11. The monoisotopic (exact) mass is 268 g/mol. The van der Waals surface area contributed by atoms with E-state index in [1.54, 1.807) is 0 Å². The molecule has 6 unspecified atom stereocenters. The van der Waals surface area contributed by atoms with Crippen molar-refractivity contribution in [2.45, 2.75) is 71.2 Å². The van der Waals surface area contributed by atoms with E-state index in [-0.39, 0.29) is 0 Å². The van der Waals surface area contributed by atoms with Crippen LogP contribution in [0.3, 0.4) is 0 Å². The van der Waals surface area contributed by atoms with E-state index in [1.807, 2.05) is 0 Å². The van der Waals surface area contributed by atoms with Crippen molar-refractivity contribution in [3.63, 3.8) is 0 Å². The maximum absolute atomic E-state index is 5.77. The van der Waals surface area contributed by atoms with Crippen LogP contribution in [0.4, 0.5) is 0 Å². The summed E-state index contributed by atoms with van der Waals surface area (Å²) in [5.41, 5.74) is 0. The molecular weight excluding hydrogens is 236 g/mol. The summed E-state index contributed by atoms with van der Waals surface area (Å²) >= 11 is 0. The minimum Gasteiger partial charge on any atom is -0.377 e. The van der Waals surface area contributed by atoms with Gasteiger partial charge < -0.3 is 10.1 Å². The predicted molar refractivity (Wildman–Crippen MR) is 80.4 cm³/mol. The molecule has 0 aromatic carbocycles. The third-order valence-electron chi connectivity index (χ3n) is 5.22. The zero-order chi connectivity index (χ0) is 14.0. The first-order valence-corrected chi connectivity index (χ1v) is 8.11. The second-order valence-electron chi connectivity index (χ2n) is 6.81. The second kappa shape index (κ2) is 6.55. The van der Waals surface area contributed by atoms with E-state index in [4.69, 9.17) is 4.74 Å². The van der Waals surface area contributed by atoms with Crippen molar-refractivity contribution >= 4 is 0 Å². The first kappa shape index (κ1) is 15.3. The van der Waals surface area contributed by atoms with Gasteiger partial charge in [0, 0.05) is 24.7 Å². The van der Waals surface area contributed by atoms with Gasteiger partial charge in [0.1, 0.15) is 0 Å². The Morgan fingerprint density at radius 1 is 1.21 bits per heavy atom. The first-order chi connectivity index (χ1) is 9.04. The molecule has 112 valence electrons. The molecule has 2 fully saturated rings. The quantitative estimate of drug-likeness (QED) is 0.848. The third kappa shape index (κ3) is 3.32. The molecular formula is C16H32N2O. The lowest BCUT2D eigenvalue weighted by atomic mass is 9.75. The second-order valence-corrected chi connectivity index (χ2v) is 6.81. The number of ether oxygens (including phenoxy) is 1. The number of likely N-dealkylation sites (N-methyl/N-ethyl adjacent to an activating group) is 2. The van der Waals surface area contributed by atoms with Gasteiger partial charge in [0.25, 0.3) is 0 Å². The molecule has 0 bridgehead atoms. The van der Waals surface area contributed by atoms with Crippen molar-refractivity contribution in [2.24, 2.45) is 11.8 Å². The maximum atomic E-state index is 5.77. The van der Waals surface area contributed by atoms with Crippen LogP contribution in [-0.4, -0.2) is 49.3 Å². The van der Waals surface area contributed by atoms with Gasteiger partial charge in [-0.1, -0.05) is 20.8 Å². The molecule has 3 heteroatoms. The normalized spacial score (nSPS) is 43.9. The van der Waals surface area contributed by atoms with Gasteiger partial charge in [0.2, 0.25) is 0 Å². The fourth-order valence-electron chi connectivity index (χ4n) is 4.47. The Balaban J connectivity index is 2.08. The van der Waals surface area contributed by atoms with Gasteiger partial charge in [-0.15, -0.1) is 0 Å². The SMILES string of the molecule is CCNC1CC(C)CC(C)C1N(C)C1CCOC1C. The Labute approximate surface area is 119 Å². The van der Waals surface area contributed by atoms with Gasteiger partial charge in [-0.25, -0.2) is 0 Å². The Morgan fingerprint density at radius 3 is 2.53 bits per heavy atom. The van der Waals surface area contributed by atoms with Crippen molar-refractivity contribution in [3.05, 3.63) is 0 Å². The Hall–Kier alpha value is -0.120. The summed E-state index contributed by atoms with van der Waals surface area (Å²) in [4.78, 5) is 2.63. The molecule has 3 nitrogen and oxygen atoms in total. The number of hydrogen-bond donors (Lipinski definition) is 1. The Bertz CT molecular complexity index is 284. The summed E-state index contributed by atoms with van der Waals surface area (Å²) in [5.74, 6) is 1.62. The molecule has 1 heterocycles. The topological polar surface area (TPSA) is 24.5 Å². The molecule has 1 saturated heterocycles. The van der Waals surface area contributed by atoms with E-state index in [9.17, 15) is 0 Å². The molecule has 2 rings (SSSR count). The standard InChI is InChI=1S/C16H32N2O/c1-6-17-14-10-11(2)9-12(3)16(14)18(5)15-7-8-19-13(15)4/h11-17H,6-10H2,1-5H3. The summed E-state index contributed by atoms with van der Waals surface area (Å²) in [6.45, 7) is 11.3. The van der Waals surface area contributed by atoms with E-state index < -0.39 is 0 Å². The van der Waals surface area contributed by atoms with Gasteiger partial charge in [-0.2, -0.15) is 0 Å². The fourth-order valence-corrected chi connectivity index (χ4v) is 4.47. The zero-order valence-electron chi connectivity index (χ0n) is 13.4. The van der Waals surface area contributed by atoms with Crippen LogP contribution in [-0.2, 0) is 4.74 Å². The van der Waals surface area contributed by atoms with Crippen LogP contribution in [0.25, 0.3) is 0 Å². The number of rotatable bonds is 4. The van der Waals surface area contributed by atoms with Gasteiger partial charge in [-0.3, -0.25) is 4.90 Å². The predicted octanol–water partition coefficient (Wildman–Crippen LogP) is 2.51. The zero-order valence-corrected chi connectivity index (χ0v) is 13.4. The summed E-state index contributed by atoms with van der Waals surface area (Å²) in [6.07, 6.45) is 4.25. The lowest BCUT2D eigenvalue weighted by molar-refractivity contribution is 0.0195. The molecule has 6 atom stereocenters. The highest BCUT2D eigenvalue weighted by Gasteiger charge is 2.40. The average Bonchev–Trinajstić information content (AvgIpc) is 2.74. The van der Waals surface area contributed by atoms with Crippen LogP contribution in [0.15, 0.2) is 0 Å². The highest BCUT2D eigenvalue weighted by Crippen LogP contribution is 2.34. The van der Waals surface area contributed by atoms with Gasteiger partial charge >= 0.3 is 0 Å². The molecule has 0 spiro atoms. The largest absolute Gasteiger partial charge is 0.377 e. The maximum Gasteiger partial charge on any atom is 0.0703 e. The minimum atomic E-state index is 0.388. The van der Waals surface area contributed by atoms with E-state index in [0.29, 0.717) is 24.2 Å². The summed E-state index contributed by atoms with van der Waals surface area (Å²) in [7, 11) is 2.32. The highest BCUT2D eigenvalue weighted by molar-refractivity contribution is 4.96. The lowest BCUT2D eigenvalue weighted by Crippen LogP contribution is -2.58. The third-order valence-corrected chi connectivity index (χ3v) is 5.22. The molecule has 0 radical (unpaired) electrons. The summed E-state index contributed by atoms with van der Waals surface area (Å²) in [5, 5.41) is 3.73. The van der Waals surface area contributed by atoms with E-state index in [1.165, 1.54) is 19.3 Å². The average molecular weight is 268 g/mol. The number of hydrogen-bond acceptors (Lipinski definition) is 3. The Morgan fingerprint density at radius 2 is 1.95 bits per heavy atom. The molecule has 0 aromatic heterocycles. The molecule has 1 aliphatic carbocycles. The van der Waals surface area contributed by atoms with Gasteiger partial charge in [0.15, 0.2) is 0 Å². The summed E-state index contributed by atoms with van der Waals surface area (Å²) < 4.78 is 5.77. The van der Waals surface area contributed by atoms with Crippen molar-refractivity contribution in [1.29, 1.82) is 0 Å². The number of nitrogens with zero attached hydrogens (tertiary/aromatic N) is 1. The van der Waals surface area contributed by atoms with E-state index in [2.05, 4.69) is 45.0 Å². The van der Waals surface area contributed by atoms with Crippen molar-refractivity contribution in [3.8, 4) is 0 Å².